The van der Waals surface area contributed by atoms with Crippen molar-refractivity contribution in [2.45, 2.75) is 26.7 Å². The van der Waals surface area contributed by atoms with Gasteiger partial charge in [-0.15, -0.1) is 5.10 Å². The molecule has 2 aromatic heterocycles. The molecule has 1 aliphatic rings. The molecule has 1 N–H and O–H groups in total. The smallest absolute Gasteiger partial charge is 0.276 e. The molecule has 1 saturated heterocycles. The summed E-state index contributed by atoms with van der Waals surface area (Å²) < 4.78 is 1.72. The summed E-state index contributed by atoms with van der Waals surface area (Å²) in [5.74, 6) is 0.612. The first-order chi connectivity index (χ1) is 13.7. The SMILES string of the molecule is CCNCC1CCN(C(=O)c2nnn(-c3cccc4cccnc34)c2C)CC1. The summed E-state index contributed by atoms with van der Waals surface area (Å²) in [7, 11) is 0. The van der Waals surface area contributed by atoms with Crippen LogP contribution >= 0.6 is 0 Å². The van der Waals surface area contributed by atoms with Crippen molar-refractivity contribution in [2.75, 3.05) is 26.2 Å². The molecule has 1 aliphatic heterocycles. The first-order valence-electron chi connectivity index (χ1n) is 9.95. The van der Waals surface area contributed by atoms with Gasteiger partial charge in [0, 0.05) is 24.7 Å². The van der Waals surface area contributed by atoms with E-state index in [1.54, 1.807) is 10.9 Å². The van der Waals surface area contributed by atoms with E-state index in [4.69, 9.17) is 0 Å². The second kappa shape index (κ2) is 8.06. The van der Waals surface area contributed by atoms with Crippen LogP contribution in [0.15, 0.2) is 36.5 Å². The average Bonchev–Trinajstić information content (AvgIpc) is 3.12. The van der Waals surface area contributed by atoms with Crippen molar-refractivity contribution >= 4 is 16.8 Å². The number of carbonyl (C=O) groups excluding carboxylic acids is 1. The van der Waals surface area contributed by atoms with Crippen LogP contribution in [0.1, 0.15) is 35.9 Å². The minimum atomic E-state index is -0.0288. The fourth-order valence-electron chi connectivity index (χ4n) is 3.85. The Kier molecular flexibility index (Phi) is 5.34. The van der Waals surface area contributed by atoms with Crippen molar-refractivity contribution < 1.29 is 4.79 Å². The number of nitrogens with zero attached hydrogens (tertiary/aromatic N) is 5. The minimum absolute atomic E-state index is 0.0288. The summed E-state index contributed by atoms with van der Waals surface area (Å²) in [4.78, 5) is 19.4. The molecule has 0 bridgehead atoms. The van der Waals surface area contributed by atoms with Gasteiger partial charge in [-0.05, 0) is 50.9 Å². The van der Waals surface area contributed by atoms with Crippen molar-refractivity contribution in [1.82, 2.24) is 30.2 Å². The Morgan fingerprint density at radius 2 is 2.00 bits per heavy atom. The van der Waals surface area contributed by atoms with Crippen LogP contribution in [0.4, 0.5) is 0 Å². The molecule has 1 aromatic carbocycles. The van der Waals surface area contributed by atoms with E-state index in [1.165, 1.54) is 0 Å². The number of carbonyl (C=O) groups is 1. The lowest BCUT2D eigenvalue weighted by atomic mass is 9.96. The summed E-state index contributed by atoms with van der Waals surface area (Å²) >= 11 is 0. The van der Waals surface area contributed by atoms with E-state index in [2.05, 4.69) is 27.5 Å². The van der Waals surface area contributed by atoms with E-state index in [0.717, 1.165) is 61.3 Å². The van der Waals surface area contributed by atoms with Gasteiger partial charge >= 0.3 is 0 Å². The van der Waals surface area contributed by atoms with E-state index in [1.807, 2.05) is 42.2 Å². The summed E-state index contributed by atoms with van der Waals surface area (Å²) in [6, 6.07) is 9.87. The zero-order valence-electron chi connectivity index (χ0n) is 16.4. The summed E-state index contributed by atoms with van der Waals surface area (Å²) in [5.41, 5.74) is 2.86. The molecule has 28 heavy (non-hydrogen) atoms. The molecule has 4 rings (SSSR count). The highest BCUT2D eigenvalue weighted by Crippen LogP contribution is 2.23. The molecule has 146 valence electrons. The number of amides is 1. The van der Waals surface area contributed by atoms with Gasteiger partial charge in [-0.1, -0.05) is 30.3 Å². The lowest BCUT2D eigenvalue weighted by molar-refractivity contribution is 0.0683. The number of likely N-dealkylation sites (tertiary alicyclic amines) is 1. The molecule has 7 heteroatoms. The van der Waals surface area contributed by atoms with Crippen LogP contribution in [0.3, 0.4) is 0 Å². The van der Waals surface area contributed by atoms with Crippen molar-refractivity contribution in [2.24, 2.45) is 5.92 Å². The molecule has 7 nitrogen and oxygen atoms in total. The highest BCUT2D eigenvalue weighted by Gasteiger charge is 2.27. The van der Waals surface area contributed by atoms with E-state index < -0.39 is 0 Å². The minimum Gasteiger partial charge on any atom is -0.337 e. The normalized spacial score (nSPS) is 15.3. The number of aromatic nitrogens is 4. The number of hydrogen-bond acceptors (Lipinski definition) is 5. The predicted octanol–water partition coefficient (Wildman–Crippen LogP) is 2.59. The molecule has 3 heterocycles. The Bertz CT molecular complexity index is 969. The number of nitrogens with one attached hydrogen (secondary N) is 1. The summed E-state index contributed by atoms with van der Waals surface area (Å²) in [6.45, 7) is 7.59. The maximum atomic E-state index is 13.0. The third-order valence-electron chi connectivity index (χ3n) is 5.52. The molecule has 0 spiro atoms. The first kappa shape index (κ1) is 18.6. The van der Waals surface area contributed by atoms with E-state index in [9.17, 15) is 4.79 Å². The lowest BCUT2D eigenvalue weighted by Crippen LogP contribution is -2.41. The fraction of sp³-hybridized carbons (Fsp3) is 0.429. The highest BCUT2D eigenvalue weighted by atomic mass is 16.2. The molecule has 1 amide bonds. The number of hydrogen-bond donors (Lipinski definition) is 1. The van der Waals surface area contributed by atoms with Gasteiger partial charge in [-0.3, -0.25) is 9.78 Å². The summed E-state index contributed by atoms with van der Waals surface area (Å²) in [6.07, 6.45) is 3.82. The highest BCUT2D eigenvalue weighted by molar-refractivity contribution is 5.94. The van der Waals surface area contributed by atoms with E-state index >= 15 is 0 Å². The standard InChI is InChI=1S/C21H26N6O/c1-3-22-14-16-9-12-26(13-10-16)21(28)19-15(2)27(25-24-19)18-8-4-6-17-7-5-11-23-20(17)18/h4-8,11,16,22H,3,9-10,12-14H2,1-2H3. The van der Waals surface area contributed by atoms with Crippen LogP contribution in [0.25, 0.3) is 16.6 Å². The van der Waals surface area contributed by atoms with Gasteiger partial charge < -0.3 is 10.2 Å². The molecule has 0 saturated carbocycles. The number of piperidine rings is 1. The molecule has 3 aromatic rings. The second-order valence-electron chi connectivity index (χ2n) is 7.33. The number of benzene rings is 1. The molecular weight excluding hydrogens is 352 g/mol. The number of fused-ring (bicyclic) bond motifs is 1. The van der Waals surface area contributed by atoms with Crippen LogP contribution in [0, 0.1) is 12.8 Å². The van der Waals surface area contributed by atoms with Crippen LogP contribution < -0.4 is 5.32 Å². The van der Waals surface area contributed by atoms with Crippen LogP contribution in [0.5, 0.6) is 0 Å². The molecule has 0 aliphatic carbocycles. The zero-order chi connectivity index (χ0) is 19.5. The first-order valence-corrected chi connectivity index (χ1v) is 9.95. The van der Waals surface area contributed by atoms with E-state index in [0.29, 0.717) is 11.6 Å². The van der Waals surface area contributed by atoms with E-state index in [-0.39, 0.29) is 5.91 Å². The zero-order valence-corrected chi connectivity index (χ0v) is 16.4. The molecular formula is C21H26N6O. The number of rotatable bonds is 5. The Hall–Kier alpha value is -2.80. The van der Waals surface area contributed by atoms with Gasteiger partial charge in [0.25, 0.3) is 5.91 Å². The number of para-hydroxylation sites is 1. The second-order valence-corrected chi connectivity index (χ2v) is 7.33. The van der Waals surface area contributed by atoms with Crippen molar-refractivity contribution in [3.8, 4) is 5.69 Å². The van der Waals surface area contributed by atoms with Crippen LogP contribution in [-0.2, 0) is 0 Å². The van der Waals surface area contributed by atoms with Crippen LogP contribution in [0.2, 0.25) is 0 Å². The Morgan fingerprint density at radius 3 is 2.79 bits per heavy atom. The topological polar surface area (TPSA) is 75.9 Å². The predicted molar refractivity (Wildman–Crippen MR) is 109 cm³/mol. The Labute approximate surface area is 164 Å². The Morgan fingerprint density at radius 1 is 1.21 bits per heavy atom. The molecule has 0 unspecified atom stereocenters. The van der Waals surface area contributed by atoms with Crippen molar-refractivity contribution in [3.63, 3.8) is 0 Å². The van der Waals surface area contributed by atoms with Gasteiger partial charge in [0.05, 0.1) is 16.9 Å². The quantitative estimate of drug-likeness (QED) is 0.738. The molecule has 0 radical (unpaired) electrons. The third kappa shape index (κ3) is 3.49. The number of pyridine rings is 1. The van der Waals surface area contributed by atoms with Gasteiger partial charge in [-0.25, -0.2) is 4.68 Å². The fourth-order valence-corrected chi connectivity index (χ4v) is 3.85. The maximum absolute atomic E-state index is 13.0. The van der Waals surface area contributed by atoms with Crippen molar-refractivity contribution in [1.29, 1.82) is 0 Å². The van der Waals surface area contributed by atoms with Gasteiger partial charge in [0.1, 0.15) is 0 Å². The maximum Gasteiger partial charge on any atom is 0.276 e. The largest absolute Gasteiger partial charge is 0.337 e. The van der Waals surface area contributed by atoms with Crippen LogP contribution in [-0.4, -0.2) is 57.0 Å². The average molecular weight is 378 g/mol. The Balaban J connectivity index is 1.55. The van der Waals surface area contributed by atoms with Gasteiger partial charge in [-0.2, -0.15) is 0 Å². The monoisotopic (exact) mass is 378 g/mol. The summed E-state index contributed by atoms with van der Waals surface area (Å²) in [5, 5.41) is 12.9. The lowest BCUT2D eigenvalue weighted by Gasteiger charge is -2.31. The van der Waals surface area contributed by atoms with Gasteiger partial charge in [0.15, 0.2) is 5.69 Å². The van der Waals surface area contributed by atoms with Gasteiger partial charge in [0.2, 0.25) is 0 Å². The van der Waals surface area contributed by atoms with Crippen molar-refractivity contribution in [3.05, 3.63) is 47.9 Å². The third-order valence-corrected chi connectivity index (χ3v) is 5.52. The molecule has 0 atom stereocenters. The molecule has 1 fully saturated rings.